The maximum Gasteiger partial charge on any atom is 0.264 e. The molecule has 3 aliphatic rings. The van der Waals surface area contributed by atoms with Crippen LogP contribution in [0.1, 0.15) is 54.4 Å². The lowest BCUT2D eigenvalue weighted by molar-refractivity contribution is -0.133. The molecule has 2 aliphatic heterocycles. The van der Waals surface area contributed by atoms with Gasteiger partial charge in [-0.15, -0.1) is 0 Å². The normalized spacial score (nSPS) is 17.8. The van der Waals surface area contributed by atoms with Crippen LogP contribution < -0.4 is 4.90 Å². The van der Waals surface area contributed by atoms with Crippen molar-refractivity contribution in [2.45, 2.75) is 51.5 Å². The van der Waals surface area contributed by atoms with E-state index in [1.54, 1.807) is 30.2 Å². The third-order valence-electron chi connectivity index (χ3n) is 7.62. The standard InChI is InChI=1S/C28H30F2N4O/c1-32-16-21(15-31-32)22-13-20-7-4-12-34(26(20)14-23(22)27(29)30)25-8-2-5-18-6-3-11-33(17-24(18)25)28(35)19-9-10-19/h2,5,8,13-16,19,27H,3-4,6-7,9-12,17H2,1H3. The van der Waals surface area contributed by atoms with Crippen LogP contribution in [0.2, 0.25) is 0 Å². The summed E-state index contributed by atoms with van der Waals surface area (Å²) in [5.74, 6) is 0.465. The van der Waals surface area contributed by atoms with Crippen LogP contribution in [0, 0.1) is 5.92 Å². The van der Waals surface area contributed by atoms with Gasteiger partial charge in [0.05, 0.1) is 6.20 Å². The average molecular weight is 477 g/mol. The summed E-state index contributed by atoms with van der Waals surface area (Å²) in [6.07, 6.45) is 6.53. The molecule has 1 aromatic heterocycles. The number of rotatable bonds is 4. The Labute approximate surface area is 204 Å². The van der Waals surface area contributed by atoms with Crippen LogP contribution in [0.3, 0.4) is 0 Å². The number of aromatic nitrogens is 2. The van der Waals surface area contributed by atoms with Crippen LogP contribution >= 0.6 is 0 Å². The van der Waals surface area contributed by atoms with Gasteiger partial charge >= 0.3 is 0 Å². The Morgan fingerprint density at radius 3 is 2.60 bits per heavy atom. The Morgan fingerprint density at radius 1 is 1.06 bits per heavy atom. The molecule has 3 aromatic rings. The van der Waals surface area contributed by atoms with Gasteiger partial charge in [0.1, 0.15) is 0 Å². The van der Waals surface area contributed by atoms with Crippen molar-refractivity contribution in [1.82, 2.24) is 14.7 Å². The van der Waals surface area contributed by atoms with E-state index >= 15 is 0 Å². The van der Waals surface area contributed by atoms with Gasteiger partial charge in [0, 0.05) is 61.3 Å². The molecule has 5 nitrogen and oxygen atoms in total. The Balaban J connectivity index is 1.43. The van der Waals surface area contributed by atoms with Crippen LogP contribution in [0.25, 0.3) is 11.1 Å². The number of fused-ring (bicyclic) bond motifs is 2. The van der Waals surface area contributed by atoms with E-state index in [1.807, 2.05) is 11.0 Å². The summed E-state index contributed by atoms with van der Waals surface area (Å²) in [5, 5.41) is 4.19. The maximum absolute atomic E-state index is 14.3. The smallest absolute Gasteiger partial charge is 0.264 e. The summed E-state index contributed by atoms with van der Waals surface area (Å²) >= 11 is 0. The molecule has 0 N–H and O–H groups in total. The third kappa shape index (κ3) is 4.11. The molecule has 0 spiro atoms. The Bertz CT molecular complexity index is 1280. The molecule has 0 bridgehead atoms. The first-order chi connectivity index (χ1) is 17.0. The number of anilines is 2. The van der Waals surface area contributed by atoms with Crippen LogP contribution in [0.4, 0.5) is 20.2 Å². The first kappa shape index (κ1) is 22.3. The lowest BCUT2D eigenvalue weighted by atomic mass is 9.92. The fraction of sp³-hybridized carbons (Fsp3) is 0.429. The fourth-order valence-corrected chi connectivity index (χ4v) is 5.69. The minimum atomic E-state index is -2.58. The number of alkyl halides is 2. The highest BCUT2D eigenvalue weighted by molar-refractivity contribution is 5.82. The van der Waals surface area contributed by atoms with E-state index in [4.69, 9.17) is 0 Å². The number of halogens is 2. The molecular weight excluding hydrogens is 446 g/mol. The Morgan fingerprint density at radius 2 is 1.86 bits per heavy atom. The summed E-state index contributed by atoms with van der Waals surface area (Å²) in [4.78, 5) is 17.2. The molecule has 2 aromatic carbocycles. The molecule has 0 atom stereocenters. The second kappa shape index (κ2) is 8.77. The minimum Gasteiger partial charge on any atom is -0.341 e. The maximum atomic E-state index is 14.3. The second-order valence-electron chi connectivity index (χ2n) is 10.1. The molecule has 1 amide bonds. The summed E-state index contributed by atoms with van der Waals surface area (Å²) in [6.45, 7) is 2.15. The van der Waals surface area contributed by atoms with E-state index < -0.39 is 6.43 Å². The number of carbonyl (C=O) groups excluding carboxylic acids is 1. The molecule has 35 heavy (non-hydrogen) atoms. The van der Waals surface area contributed by atoms with Crippen LogP contribution in [0.15, 0.2) is 42.7 Å². The SMILES string of the molecule is Cn1cc(-c2cc3c(cc2C(F)F)N(c2cccc4c2CN(C(=O)C2CC2)CCC4)CCC3)cn1. The molecule has 0 radical (unpaired) electrons. The summed E-state index contributed by atoms with van der Waals surface area (Å²) < 4.78 is 30.2. The summed E-state index contributed by atoms with van der Waals surface area (Å²) in [7, 11) is 1.80. The molecule has 6 rings (SSSR count). The average Bonchev–Trinajstić information content (AvgIpc) is 3.65. The second-order valence-corrected chi connectivity index (χ2v) is 10.1. The number of hydrogen-bond donors (Lipinski definition) is 0. The predicted octanol–water partition coefficient (Wildman–Crippen LogP) is 5.79. The predicted molar refractivity (Wildman–Crippen MR) is 132 cm³/mol. The molecular formula is C28H30F2N4O. The summed E-state index contributed by atoms with van der Waals surface area (Å²) in [6, 6.07) is 9.94. The molecule has 7 heteroatoms. The van der Waals surface area contributed by atoms with Crippen LogP contribution in [0.5, 0.6) is 0 Å². The number of hydrogen-bond acceptors (Lipinski definition) is 3. The third-order valence-corrected chi connectivity index (χ3v) is 7.62. The highest BCUT2D eigenvalue weighted by atomic mass is 19.3. The van der Waals surface area contributed by atoms with E-state index in [0.29, 0.717) is 17.7 Å². The first-order valence-corrected chi connectivity index (χ1v) is 12.6. The number of nitrogens with zero attached hydrogens (tertiary/aromatic N) is 4. The zero-order valence-electron chi connectivity index (χ0n) is 20.0. The Kier molecular flexibility index (Phi) is 5.58. The van der Waals surface area contributed by atoms with E-state index in [2.05, 4.69) is 28.2 Å². The van der Waals surface area contributed by atoms with Gasteiger partial charge in [-0.1, -0.05) is 12.1 Å². The number of amides is 1. The molecule has 3 heterocycles. The van der Waals surface area contributed by atoms with Gasteiger partial charge in [0.15, 0.2) is 0 Å². The monoisotopic (exact) mass is 476 g/mol. The zero-order valence-corrected chi connectivity index (χ0v) is 20.0. The van der Waals surface area contributed by atoms with Crippen LogP contribution in [-0.2, 0) is 31.2 Å². The molecule has 1 saturated carbocycles. The van der Waals surface area contributed by atoms with Crippen molar-refractivity contribution in [2.24, 2.45) is 13.0 Å². The van der Waals surface area contributed by atoms with Gasteiger partial charge in [-0.05, 0) is 79.0 Å². The Hall–Kier alpha value is -3.22. The lowest BCUT2D eigenvalue weighted by Gasteiger charge is -2.35. The summed E-state index contributed by atoms with van der Waals surface area (Å²) in [5.41, 5.74) is 6.73. The topological polar surface area (TPSA) is 41.4 Å². The minimum absolute atomic E-state index is 0.0382. The largest absolute Gasteiger partial charge is 0.341 e. The number of benzene rings is 2. The first-order valence-electron chi connectivity index (χ1n) is 12.6. The van der Waals surface area contributed by atoms with Crippen molar-refractivity contribution in [2.75, 3.05) is 18.0 Å². The molecule has 182 valence electrons. The van der Waals surface area contributed by atoms with Crippen molar-refractivity contribution in [3.05, 3.63) is 65.0 Å². The van der Waals surface area contributed by atoms with Gasteiger partial charge < -0.3 is 9.80 Å². The molecule has 1 fully saturated rings. The zero-order chi connectivity index (χ0) is 24.1. The van der Waals surface area contributed by atoms with E-state index in [1.165, 1.54) is 11.1 Å². The van der Waals surface area contributed by atoms with E-state index in [-0.39, 0.29) is 17.4 Å². The van der Waals surface area contributed by atoms with E-state index in [9.17, 15) is 13.6 Å². The van der Waals surface area contributed by atoms with Crippen LogP contribution in [-0.4, -0.2) is 33.7 Å². The van der Waals surface area contributed by atoms with Gasteiger partial charge in [-0.25, -0.2) is 8.78 Å². The molecule has 0 saturated heterocycles. The van der Waals surface area contributed by atoms with Gasteiger partial charge in [-0.2, -0.15) is 5.10 Å². The fourth-order valence-electron chi connectivity index (χ4n) is 5.69. The highest BCUT2D eigenvalue weighted by Gasteiger charge is 2.35. The van der Waals surface area contributed by atoms with Crippen molar-refractivity contribution in [3.8, 4) is 11.1 Å². The number of carbonyl (C=O) groups is 1. The van der Waals surface area contributed by atoms with Crippen molar-refractivity contribution in [1.29, 1.82) is 0 Å². The van der Waals surface area contributed by atoms with Gasteiger partial charge in [0.2, 0.25) is 5.91 Å². The quantitative estimate of drug-likeness (QED) is 0.478. The van der Waals surface area contributed by atoms with Crippen molar-refractivity contribution >= 4 is 17.3 Å². The lowest BCUT2D eigenvalue weighted by Crippen LogP contribution is -2.33. The van der Waals surface area contributed by atoms with Crippen molar-refractivity contribution < 1.29 is 13.6 Å². The van der Waals surface area contributed by atoms with Gasteiger partial charge in [0.25, 0.3) is 6.43 Å². The molecule has 0 unspecified atom stereocenters. The highest BCUT2D eigenvalue weighted by Crippen LogP contribution is 2.43. The number of aryl methyl sites for hydroxylation is 3. The molecule has 1 aliphatic carbocycles. The van der Waals surface area contributed by atoms with Gasteiger partial charge in [-0.3, -0.25) is 9.48 Å². The van der Waals surface area contributed by atoms with Crippen molar-refractivity contribution in [3.63, 3.8) is 0 Å². The van der Waals surface area contributed by atoms with E-state index in [0.717, 1.165) is 68.6 Å².